The normalized spacial score (nSPS) is 20.1. The standard InChI is InChI=1S/C18H18N2O2S/c1-11-9-15-16(22)14-3-2-8-20(17(14)19-18(15)23-11)13-6-4-12(10-21)5-7-13/h4-7,9,14,21H,2-3,8,10H2,1H3. The molecule has 23 heavy (non-hydrogen) atoms. The molecule has 1 unspecified atom stereocenters. The van der Waals surface area contributed by atoms with Gasteiger partial charge in [0.15, 0.2) is 5.78 Å². The summed E-state index contributed by atoms with van der Waals surface area (Å²) in [6.07, 6.45) is 1.85. The first-order valence-electron chi connectivity index (χ1n) is 7.88. The van der Waals surface area contributed by atoms with E-state index < -0.39 is 0 Å². The van der Waals surface area contributed by atoms with Crippen LogP contribution in [-0.2, 0) is 6.61 Å². The SMILES string of the molecule is Cc1cc2c(s1)N=C1C(CCCN1c1ccc(CO)cc1)C2=O. The van der Waals surface area contributed by atoms with Crippen molar-refractivity contribution in [2.75, 3.05) is 11.4 Å². The molecule has 0 amide bonds. The minimum Gasteiger partial charge on any atom is -0.392 e. The van der Waals surface area contributed by atoms with Crippen LogP contribution in [0.5, 0.6) is 0 Å². The number of aliphatic hydroxyl groups is 1. The monoisotopic (exact) mass is 326 g/mol. The maximum Gasteiger partial charge on any atom is 0.176 e. The second-order valence-electron chi connectivity index (χ2n) is 6.08. The Kier molecular flexibility index (Phi) is 3.54. The van der Waals surface area contributed by atoms with E-state index in [2.05, 4.69) is 4.90 Å². The van der Waals surface area contributed by atoms with E-state index in [1.165, 1.54) is 0 Å². The van der Waals surface area contributed by atoms with Gasteiger partial charge >= 0.3 is 0 Å². The summed E-state index contributed by atoms with van der Waals surface area (Å²) in [5.41, 5.74) is 2.72. The maximum absolute atomic E-state index is 12.8. The number of amidine groups is 1. The summed E-state index contributed by atoms with van der Waals surface area (Å²) < 4.78 is 0. The van der Waals surface area contributed by atoms with Crippen molar-refractivity contribution in [2.24, 2.45) is 10.9 Å². The average Bonchev–Trinajstić information content (AvgIpc) is 2.95. The molecule has 1 aromatic carbocycles. The van der Waals surface area contributed by atoms with Crippen LogP contribution in [-0.4, -0.2) is 23.3 Å². The number of piperidine rings is 1. The summed E-state index contributed by atoms with van der Waals surface area (Å²) in [6.45, 7) is 2.94. The molecule has 1 aromatic heterocycles. The number of aliphatic hydroxyl groups excluding tert-OH is 1. The topological polar surface area (TPSA) is 52.9 Å². The first-order chi connectivity index (χ1) is 11.2. The predicted molar refractivity (Wildman–Crippen MR) is 92.9 cm³/mol. The molecule has 1 saturated heterocycles. The van der Waals surface area contributed by atoms with Crippen LogP contribution in [0.3, 0.4) is 0 Å². The van der Waals surface area contributed by atoms with Gasteiger partial charge in [0.25, 0.3) is 0 Å². The zero-order valence-electron chi connectivity index (χ0n) is 13.0. The van der Waals surface area contributed by atoms with Gasteiger partial charge in [-0.05, 0) is 43.5 Å². The number of benzene rings is 1. The van der Waals surface area contributed by atoms with E-state index in [9.17, 15) is 9.90 Å². The lowest BCUT2D eigenvalue weighted by Gasteiger charge is -2.36. The molecule has 1 fully saturated rings. The minimum absolute atomic E-state index is 0.0418. The lowest BCUT2D eigenvalue weighted by atomic mass is 9.87. The van der Waals surface area contributed by atoms with Gasteiger partial charge in [-0.2, -0.15) is 0 Å². The van der Waals surface area contributed by atoms with Crippen LogP contribution in [0.15, 0.2) is 35.3 Å². The van der Waals surface area contributed by atoms with Crippen molar-refractivity contribution in [2.45, 2.75) is 26.4 Å². The third kappa shape index (κ3) is 2.40. The van der Waals surface area contributed by atoms with E-state index in [-0.39, 0.29) is 18.3 Å². The van der Waals surface area contributed by atoms with Crippen molar-refractivity contribution >= 4 is 33.6 Å². The van der Waals surface area contributed by atoms with Gasteiger partial charge in [0, 0.05) is 17.1 Å². The van der Waals surface area contributed by atoms with Crippen LogP contribution < -0.4 is 4.90 Å². The molecule has 4 rings (SSSR count). The molecule has 2 aliphatic heterocycles. The van der Waals surface area contributed by atoms with Crippen LogP contribution in [0.4, 0.5) is 10.7 Å². The lowest BCUT2D eigenvalue weighted by Crippen LogP contribution is -2.45. The smallest absolute Gasteiger partial charge is 0.176 e. The zero-order valence-corrected chi connectivity index (χ0v) is 13.8. The first-order valence-corrected chi connectivity index (χ1v) is 8.69. The fourth-order valence-electron chi connectivity index (χ4n) is 3.37. The Balaban J connectivity index is 1.77. The fourth-order valence-corrected chi connectivity index (χ4v) is 4.26. The molecule has 0 bridgehead atoms. The second kappa shape index (κ2) is 5.58. The number of ketones is 1. The second-order valence-corrected chi connectivity index (χ2v) is 7.32. The van der Waals surface area contributed by atoms with Crippen molar-refractivity contribution in [1.29, 1.82) is 0 Å². The Labute approximate surface area is 139 Å². The van der Waals surface area contributed by atoms with Gasteiger partial charge in [-0.1, -0.05) is 12.1 Å². The number of aryl methyl sites for hydroxylation is 1. The van der Waals surface area contributed by atoms with E-state index in [0.717, 1.165) is 51.9 Å². The largest absolute Gasteiger partial charge is 0.392 e. The van der Waals surface area contributed by atoms with Crippen molar-refractivity contribution in [1.82, 2.24) is 0 Å². The number of thiophene rings is 1. The molecule has 0 aliphatic carbocycles. The first kappa shape index (κ1) is 14.6. The molecule has 5 heteroatoms. The third-order valence-electron chi connectivity index (χ3n) is 4.53. The Hall–Kier alpha value is -1.98. The zero-order chi connectivity index (χ0) is 16.0. The van der Waals surface area contributed by atoms with Gasteiger partial charge in [0.05, 0.1) is 18.1 Å². The van der Waals surface area contributed by atoms with E-state index in [1.807, 2.05) is 37.3 Å². The highest BCUT2D eigenvalue weighted by Crippen LogP contribution is 2.40. The highest BCUT2D eigenvalue weighted by atomic mass is 32.1. The average molecular weight is 326 g/mol. The van der Waals surface area contributed by atoms with Gasteiger partial charge < -0.3 is 10.0 Å². The number of hydrogen-bond donors (Lipinski definition) is 1. The van der Waals surface area contributed by atoms with Gasteiger partial charge in [-0.3, -0.25) is 4.79 Å². The fraction of sp³-hybridized carbons (Fsp3) is 0.333. The molecular formula is C18H18N2O2S. The summed E-state index contributed by atoms with van der Waals surface area (Å²) in [5.74, 6) is 0.973. The summed E-state index contributed by atoms with van der Waals surface area (Å²) in [7, 11) is 0. The highest BCUT2D eigenvalue weighted by molar-refractivity contribution is 7.16. The van der Waals surface area contributed by atoms with Crippen LogP contribution in [0, 0.1) is 12.8 Å². The van der Waals surface area contributed by atoms with Crippen LogP contribution >= 0.6 is 11.3 Å². The quantitative estimate of drug-likeness (QED) is 0.915. The van der Waals surface area contributed by atoms with Crippen LogP contribution in [0.25, 0.3) is 0 Å². The number of nitrogens with zero attached hydrogens (tertiary/aromatic N) is 2. The van der Waals surface area contributed by atoms with Crippen LogP contribution in [0.1, 0.15) is 33.6 Å². The molecule has 0 radical (unpaired) electrons. The Morgan fingerprint density at radius 1 is 1.35 bits per heavy atom. The van der Waals surface area contributed by atoms with Gasteiger partial charge in [0.2, 0.25) is 0 Å². The summed E-state index contributed by atoms with van der Waals surface area (Å²) >= 11 is 1.58. The molecule has 1 atom stereocenters. The molecule has 4 nitrogen and oxygen atoms in total. The van der Waals surface area contributed by atoms with Gasteiger partial charge in [-0.25, -0.2) is 4.99 Å². The molecule has 2 aliphatic rings. The molecule has 0 saturated carbocycles. The summed E-state index contributed by atoms with van der Waals surface area (Å²) in [4.78, 5) is 20.9. The van der Waals surface area contributed by atoms with Gasteiger partial charge in [0.1, 0.15) is 10.8 Å². The molecular weight excluding hydrogens is 308 g/mol. The van der Waals surface area contributed by atoms with E-state index in [1.54, 1.807) is 11.3 Å². The number of carbonyl (C=O) groups is 1. The molecule has 0 spiro atoms. The van der Waals surface area contributed by atoms with Crippen molar-refractivity contribution in [3.05, 3.63) is 46.3 Å². The molecule has 2 aromatic rings. The Bertz CT molecular complexity index is 792. The maximum atomic E-state index is 12.8. The predicted octanol–water partition coefficient (Wildman–Crippen LogP) is 3.69. The number of hydrogen-bond acceptors (Lipinski definition) is 5. The molecule has 3 heterocycles. The molecule has 1 N–H and O–H groups in total. The number of anilines is 1. The molecule has 118 valence electrons. The number of aliphatic imine (C=N–C) groups is 1. The third-order valence-corrected chi connectivity index (χ3v) is 5.47. The van der Waals surface area contributed by atoms with Gasteiger partial charge in [-0.15, -0.1) is 11.3 Å². The Morgan fingerprint density at radius 3 is 2.87 bits per heavy atom. The van der Waals surface area contributed by atoms with Crippen LogP contribution in [0.2, 0.25) is 0 Å². The number of carbonyl (C=O) groups excluding carboxylic acids is 1. The Morgan fingerprint density at radius 2 is 2.13 bits per heavy atom. The van der Waals surface area contributed by atoms with E-state index in [4.69, 9.17) is 4.99 Å². The number of fused-ring (bicyclic) bond motifs is 2. The summed E-state index contributed by atoms with van der Waals surface area (Å²) in [6, 6.07) is 9.81. The number of rotatable bonds is 2. The van der Waals surface area contributed by atoms with Crippen molar-refractivity contribution in [3.63, 3.8) is 0 Å². The minimum atomic E-state index is -0.122. The lowest BCUT2D eigenvalue weighted by molar-refractivity contribution is 0.0944. The van der Waals surface area contributed by atoms with E-state index in [0.29, 0.717) is 0 Å². The number of Topliss-reactive ketones (excluding diaryl/α,β-unsaturated/α-hetero) is 1. The summed E-state index contributed by atoms with van der Waals surface area (Å²) in [5, 5.41) is 10.0. The highest BCUT2D eigenvalue weighted by Gasteiger charge is 2.38. The van der Waals surface area contributed by atoms with Crippen molar-refractivity contribution in [3.8, 4) is 0 Å². The van der Waals surface area contributed by atoms with E-state index >= 15 is 0 Å². The van der Waals surface area contributed by atoms with Crippen molar-refractivity contribution < 1.29 is 9.90 Å².